The highest BCUT2D eigenvalue weighted by Gasteiger charge is 2.11. The normalized spacial score (nSPS) is 11.1. The van der Waals surface area contributed by atoms with E-state index < -0.39 is 0 Å². The number of rotatable bonds is 6. The van der Waals surface area contributed by atoms with Gasteiger partial charge in [0.25, 0.3) is 5.19 Å². The molecule has 114 valence electrons. The molecule has 0 amide bonds. The lowest BCUT2D eigenvalue weighted by Crippen LogP contribution is -2.20. The van der Waals surface area contributed by atoms with Crippen molar-refractivity contribution in [1.82, 2.24) is 14.3 Å². The Morgan fingerprint density at radius 2 is 2.19 bits per heavy atom. The van der Waals surface area contributed by atoms with E-state index in [-0.39, 0.29) is 0 Å². The fourth-order valence-electron chi connectivity index (χ4n) is 1.82. The Kier molecular flexibility index (Phi) is 5.98. The van der Waals surface area contributed by atoms with Crippen molar-refractivity contribution >= 4 is 39.1 Å². The first-order chi connectivity index (χ1) is 9.99. The van der Waals surface area contributed by atoms with Crippen LogP contribution in [0.3, 0.4) is 0 Å². The molecule has 1 aromatic heterocycles. The topological polar surface area (TPSA) is 38.2 Å². The number of nitrogens with zero attached hydrogens (tertiary/aromatic N) is 3. The zero-order chi connectivity index (χ0) is 15.4. The molecule has 0 atom stereocenters. The summed E-state index contributed by atoms with van der Waals surface area (Å²) >= 11 is 10.8. The van der Waals surface area contributed by atoms with Gasteiger partial charge in [0.05, 0.1) is 0 Å². The number of hydrogen-bond donors (Lipinski definition) is 0. The van der Waals surface area contributed by atoms with Crippen LogP contribution in [-0.2, 0) is 6.42 Å². The van der Waals surface area contributed by atoms with Gasteiger partial charge in [0.2, 0.25) is 4.73 Å². The molecule has 0 saturated carbocycles. The number of halogens is 2. The third-order valence-electron chi connectivity index (χ3n) is 3.23. The molecule has 7 heteroatoms. The fourth-order valence-corrected chi connectivity index (χ4v) is 3.01. The first-order valence-electron chi connectivity index (χ1n) is 6.64. The number of aromatic nitrogens is 2. The molecule has 2 aromatic rings. The summed E-state index contributed by atoms with van der Waals surface area (Å²) in [7, 11) is 2.10. The molecule has 0 N–H and O–H groups in total. The Labute approximate surface area is 142 Å². The van der Waals surface area contributed by atoms with Gasteiger partial charge in [-0.25, -0.2) is 0 Å². The van der Waals surface area contributed by atoms with Crippen LogP contribution >= 0.6 is 39.1 Å². The van der Waals surface area contributed by atoms with Crippen LogP contribution in [0.15, 0.2) is 16.9 Å². The molecule has 0 radical (unpaired) electrons. The lowest BCUT2D eigenvalue weighted by atomic mass is 10.1. The summed E-state index contributed by atoms with van der Waals surface area (Å²) in [6.07, 6.45) is 0.925. The Hall–Kier alpha value is -0.690. The Bertz CT molecular complexity index is 620. The minimum Gasteiger partial charge on any atom is -0.430 e. The van der Waals surface area contributed by atoms with Crippen LogP contribution < -0.4 is 4.74 Å². The van der Waals surface area contributed by atoms with E-state index >= 15 is 0 Å². The molecule has 0 aliphatic rings. The largest absolute Gasteiger partial charge is 0.430 e. The van der Waals surface area contributed by atoms with Crippen molar-refractivity contribution in [3.8, 4) is 10.9 Å². The second-order valence-corrected chi connectivity index (χ2v) is 6.62. The zero-order valence-electron chi connectivity index (χ0n) is 12.2. The average molecular weight is 391 g/mol. The van der Waals surface area contributed by atoms with Gasteiger partial charge in [0, 0.05) is 29.2 Å². The first-order valence-corrected chi connectivity index (χ1v) is 8.58. The van der Waals surface area contributed by atoms with Crippen molar-refractivity contribution in [3.63, 3.8) is 0 Å². The lowest BCUT2D eigenvalue weighted by molar-refractivity contribution is 0.357. The SMILES string of the molecule is CCN(C)CCc1cc(C)c(Oc2nc(Br)ns2)cc1Cl. The van der Waals surface area contributed by atoms with Gasteiger partial charge in [-0.1, -0.05) is 24.6 Å². The highest BCUT2D eigenvalue weighted by molar-refractivity contribution is 9.10. The summed E-state index contributed by atoms with van der Waals surface area (Å²) in [5.41, 5.74) is 2.18. The molecule has 0 unspecified atom stereocenters. The number of likely N-dealkylation sites (N-methyl/N-ethyl adjacent to an activating group) is 1. The fraction of sp³-hybridized carbons (Fsp3) is 0.429. The van der Waals surface area contributed by atoms with E-state index in [1.807, 2.05) is 13.0 Å². The van der Waals surface area contributed by atoms with Crippen LogP contribution in [0.1, 0.15) is 18.1 Å². The molecule has 21 heavy (non-hydrogen) atoms. The van der Waals surface area contributed by atoms with Gasteiger partial charge in [0.15, 0.2) is 0 Å². The van der Waals surface area contributed by atoms with Crippen LogP contribution in [0.2, 0.25) is 5.02 Å². The molecule has 1 aromatic carbocycles. The van der Waals surface area contributed by atoms with Gasteiger partial charge in [-0.2, -0.15) is 9.36 Å². The Morgan fingerprint density at radius 3 is 2.81 bits per heavy atom. The van der Waals surface area contributed by atoms with Crippen LogP contribution in [0.25, 0.3) is 0 Å². The summed E-state index contributed by atoms with van der Waals surface area (Å²) in [5, 5.41) is 1.23. The molecule has 2 rings (SSSR count). The molecule has 0 bridgehead atoms. The van der Waals surface area contributed by atoms with Crippen molar-refractivity contribution < 1.29 is 4.74 Å². The van der Waals surface area contributed by atoms with Crippen LogP contribution in [0.5, 0.6) is 10.9 Å². The molecule has 0 fully saturated rings. The van der Waals surface area contributed by atoms with E-state index in [4.69, 9.17) is 16.3 Å². The maximum atomic E-state index is 6.36. The third kappa shape index (κ3) is 4.64. The summed E-state index contributed by atoms with van der Waals surface area (Å²) in [4.78, 5) is 6.38. The molecule has 0 aliphatic carbocycles. The second kappa shape index (κ2) is 7.54. The maximum Gasteiger partial charge on any atom is 0.299 e. The van der Waals surface area contributed by atoms with Crippen molar-refractivity contribution in [1.29, 1.82) is 0 Å². The molecule has 0 aliphatic heterocycles. The minimum absolute atomic E-state index is 0.500. The lowest BCUT2D eigenvalue weighted by Gasteiger charge is -2.15. The Morgan fingerprint density at radius 1 is 1.43 bits per heavy atom. The van der Waals surface area contributed by atoms with Gasteiger partial charge < -0.3 is 9.64 Å². The first kappa shape index (κ1) is 16.7. The van der Waals surface area contributed by atoms with E-state index in [0.717, 1.165) is 41.4 Å². The zero-order valence-corrected chi connectivity index (χ0v) is 15.3. The Balaban J connectivity index is 2.12. The molecular formula is C14H17BrClN3OS. The van der Waals surface area contributed by atoms with E-state index in [2.05, 4.69) is 50.2 Å². The quantitative estimate of drug-likeness (QED) is 0.725. The van der Waals surface area contributed by atoms with Gasteiger partial charge in [-0.3, -0.25) is 0 Å². The van der Waals surface area contributed by atoms with Crippen LogP contribution in [0.4, 0.5) is 0 Å². The summed E-state index contributed by atoms with van der Waals surface area (Å²) in [6, 6.07) is 3.94. The van der Waals surface area contributed by atoms with Gasteiger partial charge in [0.1, 0.15) is 5.75 Å². The highest BCUT2D eigenvalue weighted by Crippen LogP contribution is 2.32. The second-order valence-electron chi connectivity index (χ2n) is 4.79. The van der Waals surface area contributed by atoms with E-state index in [1.54, 1.807) is 0 Å². The summed E-state index contributed by atoms with van der Waals surface area (Å²) < 4.78 is 10.3. The summed E-state index contributed by atoms with van der Waals surface area (Å²) in [6.45, 7) is 6.17. The average Bonchev–Trinajstić information content (AvgIpc) is 2.86. The number of benzene rings is 1. The van der Waals surface area contributed by atoms with Gasteiger partial charge in [-0.15, -0.1) is 0 Å². The van der Waals surface area contributed by atoms with Crippen LogP contribution in [-0.4, -0.2) is 34.4 Å². The smallest absolute Gasteiger partial charge is 0.299 e. The van der Waals surface area contributed by atoms with Crippen LogP contribution in [0, 0.1) is 6.92 Å². The van der Waals surface area contributed by atoms with Crippen molar-refractivity contribution in [2.75, 3.05) is 20.1 Å². The summed E-state index contributed by atoms with van der Waals surface area (Å²) in [5.74, 6) is 0.719. The number of hydrogen-bond acceptors (Lipinski definition) is 5. The minimum atomic E-state index is 0.500. The van der Waals surface area contributed by atoms with E-state index in [9.17, 15) is 0 Å². The standard InChI is InChI=1S/C14H17BrClN3OS/c1-4-19(3)6-5-10-7-9(2)12(8-11(10)16)20-14-17-13(15)18-21-14/h7-8H,4-6H2,1-3H3. The van der Waals surface area contributed by atoms with Crippen molar-refractivity contribution in [2.24, 2.45) is 0 Å². The van der Waals surface area contributed by atoms with Gasteiger partial charge in [-0.05, 0) is 54.0 Å². The predicted octanol–water partition coefficient (Wildman–Crippen LogP) is 4.55. The molecule has 4 nitrogen and oxygen atoms in total. The van der Waals surface area contributed by atoms with Crippen molar-refractivity contribution in [2.45, 2.75) is 20.3 Å². The van der Waals surface area contributed by atoms with E-state index in [1.165, 1.54) is 11.5 Å². The van der Waals surface area contributed by atoms with Crippen molar-refractivity contribution in [3.05, 3.63) is 33.0 Å². The molecule has 0 spiro atoms. The van der Waals surface area contributed by atoms with E-state index in [0.29, 0.717) is 9.93 Å². The highest BCUT2D eigenvalue weighted by atomic mass is 79.9. The molecule has 0 saturated heterocycles. The monoisotopic (exact) mass is 389 g/mol. The predicted molar refractivity (Wildman–Crippen MR) is 90.7 cm³/mol. The maximum absolute atomic E-state index is 6.36. The third-order valence-corrected chi connectivity index (χ3v) is 4.76. The number of ether oxygens (including phenoxy) is 1. The molecular weight excluding hydrogens is 374 g/mol. The molecule has 1 heterocycles. The number of aryl methyl sites for hydroxylation is 1. The van der Waals surface area contributed by atoms with Gasteiger partial charge >= 0.3 is 0 Å².